The van der Waals surface area contributed by atoms with Gasteiger partial charge in [-0.1, -0.05) is 19.0 Å². The maximum absolute atomic E-state index is 5.53. The molecule has 0 aliphatic carbocycles. The SMILES string of the molecule is CCOC(CC)c1noc(C(CC)NC)n1. The standard InChI is InChI=1S/C11H21N3O2/c1-5-8(12-4)11-13-10(14-16-11)9(6-2)15-7-3/h8-9,12H,5-7H2,1-4H3. The van der Waals surface area contributed by atoms with Crippen LogP contribution in [-0.4, -0.2) is 23.8 Å². The molecule has 0 aliphatic rings. The number of hydrogen-bond acceptors (Lipinski definition) is 5. The Hall–Kier alpha value is -0.940. The summed E-state index contributed by atoms with van der Waals surface area (Å²) >= 11 is 0. The highest BCUT2D eigenvalue weighted by atomic mass is 16.5. The smallest absolute Gasteiger partial charge is 0.243 e. The van der Waals surface area contributed by atoms with Crippen molar-refractivity contribution >= 4 is 0 Å². The molecule has 16 heavy (non-hydrogen) atoms. The molecule has 1 heterocycles. The van der Waals surface area contributed by atoms with E-state index in [0.29, 0.717) is 18.3 Å². The predicted molar refractivity (Wildman–Crippen MR) is 61.0 cm³/mol. The Kier molecular flexibility index (Phi) is 5.42. The van der Waals surface area contributed by atoms with E-state index in [0.717, 1.165) is 12.8 Å². The summed E-state index contributed by atoms with van der Waals surface area (Å²) in [5.41, 5.74) is 0. The molecule has 1 aromatic rings. The normalized spacial score (nSPS) is 15.0. The van der Waals surface area contributed by atoms with Gasteiger partial charge in [0.15, 0.2) is 0 Å². The lowest BCUT2D eigenvalue weighted by atomic mass is 10.2. The van der Waals surface area contributed by atoms with Crippen LogP contribution in [0, 0.1) is 0 Å². The van der Waals surface area contributed by atoms with Gasteiger partial charge >= 0.3 is 0 Å². The van der Waals surface area contributed by atoms with Gasteiger partial charge in [0.2, 0.25) is 11.7 Å². The van der Waals surface area contributed by atoms with Crippen LogP contribution in [0.4, 0.5) is 0 Å². The van der Waals surface area contributed by atoms with E-state index in [-0.39, 0.29) is 12.1 Å². The van der Waals surface area contributed by atoms with Crippen molar-refractivity contribution in [3.8, 4) is 0 Å². The van der Waals surface area contributed by atoms with Crippen molar-refractivity contribution in [2.45, 2.75) is 45.8 Å². The van der Waals surface area contributed by atoms with E-state index in [1.807, 2.05) is 20.9 Å². The van der Waals surface area contributed by atoms with Gasteiger partial charge < -0.3 is 14.6 Å². The molecular formula is C11H21N3O2. The van der Waals surface area contributed by atoms with Gasteiger partial charge in [0.05, 0.1) is 6.04 Å². The molecule has 0 saturated heterocycles. The largest absolute Gasteiger partial charge is 0.370 e. The van der Waals surface area contributed by atoms with Gasteiger partial charge in [-0.15, -0.1) is 0 Å². The van der Waals surface area contributed by atoms with Crippen LogP contribution in [-0.2, 0) is 4.74 Å². The number of aromatic nitrogens is 2. The fraction of sp³-hybridized carbons (Fsp3) is 0.818. The van der Waals surface area contributed by atoms with E-state index in [4.69, 9.17) is 9.26 Å². The molecule has 2 unspecified atom stereocenters. The van der Waals surface area contributed by atoms with E-state index >= 15 is 0 Å². The first kappa shape index (κ1) is 13.1. The van der Waals surface area contributed by atoms with Crippen LogP contribution in [0.15, 0.2) is 4.52 Å². The molecule has 0 fully saturated rings. The molecule has 92 valence electrons. The molecule has 0 bridgehead atoms. The Balaban J connectivity index is 2.75. The zero-order valence-electron chi connectivity index (χ0n) is 10.5. The second-order valence-electron chi connectivity index (χ2n) is 3.59. The highest BCUT2D eigenvalue weighted by molar-refractivity contribution is 4.95. The quantitative estimate of drug-likeness (QED) is 0.774. The number of rotatable bonds is 7. The van der Waals surface area contributed by atoms with Gasteiger partial charge in [0.25, 0.3) is 0 Å². The first-order chi connectivity index (χ1) is 7.76. The predicted octanol–water partition coefficient (Wildman–Crippen LogP) is 2.23. The zero-order chi connectivity index (χ0) is 12.0. The fourth-order valence-electron chi connectivity index (χ4n) is 1.60. The molecule has 5 heteroatoms. The van der Waals surface area contributed by atoms with E-state index in [9.17, 15) is 0 Å². The number of ether oxygens (including phenoxy) is 1. The molecule has 0 radical (unpaired) electrons. The van der Waals surface area contributed by atoms with Crippen molar-refractivity contribution in [1.29, 1.82) is 0 Å². The molecule has 1 N–H and O–H groups in total. The molecule has 5 nitrogen and oxygen atoms in total. The van der Waals surface area contributed by atoms with Crippen LogP contribution in [0.25, 0.3) is 0 Å². The third-order valence-corrected chi connectivity index (χ3v) is 2.54. The Morgan fingerprint density at radius 3 is 2.56 bits per heavy atom. The number of nitrogens with one attached hydrogen (secondary N) is 1. The fourth-order valence-corrected chi connectivity index (χ4v) is 1.60. The Bertz CT molecular complexity index is 297. The van der Waals surface area contributed by atoms with E-state index in [1.54, 1.807) is 0 Å². The molecule has 2 atom stereocenters. The summed E-state index contributed by atoms with van der Waals surface area (Å²) < 4.78 is 10.8. The van der Waals surface area contributed by atoms with Crippen LogP contribution >= 0.6 is 0 Å². The van der Waals surface area contributed by atoms with Gasteiger partial charge in [-0.25, -0.2) is 0 Å². The summed E-state index contributed by atoms with van der Waals surface area (Å²) in [5.74, 6) is 1.28. The Labute approximate surface area is 96.6 Å². The summed E-state index contributed by atoms with van der Waals surface area (Å²) in [6.07, 6.45) is 1.71. The van der Waals surface area contributed by atoms with E-state index in [1.165, 1.54) is 0 Å². The van der Waals surface area contributed by atoms with Crippen LogP contribution in [0.2, 0.25) is 0 Å². The second-order valence-corrected chi connectivity index (χ2v) is 3.59. The molecule has 0 aromatic carbocycles. The summed E-state index contributed by atoms with van der Waals surface area (Å²) in [6.45, 7) is 6.74. The molecule has 0 spiro atoms. The topological polar surface area (TPSA) is 60.2 Å². The maximum Gasteiger partial charge on any atom is 0.243 e. The lowest BCUT2D eigenvalue weighted by molar-refractivity contribution is 0.0518. The monoisotopic (exact) mass is 227 g/mol. The summed E-state index contributed by atoms with van der Waals surface area (Å²) in [7, 11) is 1.89. The number of hydrogen-bond donors (Lipinski definition) is 1. The Morgan fingerprint density at radius 1 is 1.31 bits per heavy atom. The van der Waals surface area contributed by atoms with Gasteiger partial charge in [-0.05, 0) is 26.8 Å². The summed E-state index contributed by atoms with van der Waals surface area (Å²) in [4.78, 5) is 4.38. The summed E-state index contributed by atoms with van der Waals surface area (Å²) in [5, 5.41) is 7.10. The van der Waals surface area contributed by atoms with E-state index < -0.39 is 0 Å². The van der Waals surface area contributed by atoms with Crippen LogP contribution in [0.1, 0.15) is 57.5 Å². The highest BCUT2D eigenvalue weighted by Gasteiger charge is 2.20. The van der Waals surface area contributed by atoms with Crippen LogP contribution in [0.3, 0.4) is 0 Å². The van der Waals surface area contributed by atoms with Crippen molar-refractivity contribution in [2.24, 2.45) is 0 Å². The first-order valence-electron chi connectivity index (χ1n) is 5.89. The third-order valence-electron chi connectivity index (χ3n) is 2.54. The lowest BCUT2D eigenvalue weighted by Gasteiger charge is -2.10. The van der Waals surface area contributed by atoms with Crippen molar-refractivity contribution in [3.63, 3.8) is 0 Å². The average Bonchev–Trinajstić information content (AvgIpc) is 2.77. The molecule has 0 saturated carbocycles. The van der Waals surface area contributed by atoms with E-state index in [2.05, 4.69) is 22.4 Å². The minimum Gasteiger partial charge on any atom is -0.370 e. The number of nitrogens with zero attached hydrogens (tertiary/aromatic N) is 2. The minimum absolute atomic E-state index is 0.0585. The van der Waals surface area contributed by atoms with Gasteiger partial charge in [0, 0.05) is 6.61 Å². The van der Waals surface area contributed by atoms with Crippen molar-refractivity contribution in [3.05, 3.63) is 11.7 Å². The molecule has 0 aliphatic heterocycles. The highest BCUT2D eigenvalue weighted by Crippen LogP contribution is 2.20. The molecule has 1 rings (SSSR count). The third kappa shape index (κ3) is 3.02. The maximum atomic E-state index is 5.53. The van der Waals surface area contributed by atoms with Gasteiger partial charge in [-0.3, -0.25) is 0 Å². The minimum atomic E-state index is -0.0585. The van der Waals surface area contributed by atoms with Crippen molar-refractivity contribution in [1.82, 2.24) is 15.5 Å². The van der Waals surface area contributed by atoms with Gasteiger partial charge in [-0.2, -0.15) is 4.98 Å². The van der Waals surface area contributed by atoms with Crippen molar-refractivity contribution < 1.29 is 9.26 Å². The molecule has 1 aromatic heterocycles. The van der Waals surface area contributed by atoms with Crippen molar-refractivity contribution in [2.75, 3.05) is 13.7 Å². The zero-order valence-corrected chi connectivity index (χ0v) is 10.5. The van der Waals surface area contributed by atoms with Crippen LogP contribution in [0.5, 0.6) is 0 Å². The lowest BCUT2D eigenvalue weighted by Crippen LogP contribution is -2.15. The summed E-state index contributed by atoms with van der Waals surface area (Å²) in [6, 6.07) is 0.125. The van der Waals surface area contributed by atoms with Crippen LogP contribution < -0.4 is 5.32 Å². The average molecular weight is 227 g/mol. The Morgan fingerprint density at radius 2 is 2.06 bits per heavy atom. The second kappa shape index (κ2) is 6.60. The molecule has 0 amide bonds. The van der Waals surface area contributed by atoms with Gasteiger partial charge in [0.1, 0.15) is 6.10 Å². The first-order valence-corrected chi connectivity index (χ1v) is 5.89. The molecular weight excluding hydrogens is 206 g/mol.